The summed E-state index contributed by atoms with van der Waals surface area (Å²) in [5.41, 5.74) is 1.58. The molecular weight excluding hydrogens is 427 g/mol. The molecular formula is C17H14BrFN2O2S2. The lowest BCUT2D eigenvalue weighted by Gasteiger charge is -2.04. The van der Waals surface area contributed by atoms with Gasteiger partial charge in [0.25, 0.3) is 0 Å². The number of aromatic nitrogens is 2. The number of thioether (sulfide) groups is 1. The number of benzene rings is 2. The van der Waals surface area contributed by atoms with Crippen molar-refractivity contribution in [1.82, 2.24) is 9.97 Å². The quantitative estimate of drug-likeness (QED) is 0.571. The van der Waals surface area contributed by atoms with E-state index in [2.05, 4.69) is 25.9 Å². The number of imidazole rings is 1. The molecule has 1 N–H and O–H groups in total. The van der Waals surface area contributed by atoms with Gasteiger partial charge < -0.3 is 4.98 Å². The molecule has 8 heteroatoms. The zero-order valence-corrected chi connectivity index (χ0v) is 16.2. The first kappa shape index (κ1) is 18.2. The average molecular weight is 441 g/mol. The maximum absolute atomic E-state index is 13.0. The highest BCUT2D eigenvalue weighted by molar-refractivity contribution is 9.10. The lowest BCUT2D eigenvalue weighted by Crippen LogP contribution is -2.08. The zero-order chi connectivity index (χ0) is 17.9. The van der Waals surface area contributed by atoms with Crippen LogP contribution in [0.2, 0.25) is 0 Å². The summed E-state index contributed by atoms with van der Waals surface area (Å²) in [4.78, 5) is 7.65. The molecule has 130 valence electrons. The molecule has 25 heavy (non-hydrogen) atoms. The van der Waals surface area contributed by atoms with Crippen LogP contribution >= 0.6 is 27.7 Å². The number of sulfone groups is 1. The van der Waals surface area contributed by atoms with Crippen LogP contribution in [0.5, 0.6) is 0 Å². The van der Waals surface area contributed by atoms with Gasteiger partial charge in [0.1, 0.15) is 5.82 Å². The molecule has 0 saturated carbocycles. The van der Waals surface area contributed by atoms with Crippen molar-refractivity contribution in [2.45, 2.75) is 10.1 Å². The second-order valence-electron chi connectivity index (χ2n) is 5.23. The van der Waals surface area contributed by atoms with Crippen molar-refractivity contribution in [1.29, 1.82) is 0 Å². The van der Waals surface area contributed by atoms with E-state index >= 15 is 0 Å². The summed E-state index contributed by atoms with van der Waals surface area (Å²) in [6.45, 7) is 0. The van der Waals surface area contributed by atoms with Gasteiger partial charge in [-0.25, -0.2) is 17.8 Å². The van der Waals surface area contributed by atoms with Gasteiger partial charge in [-0.1, -0.05) is 27.7 Å². The van der Waals surface area contributed by atoms with E-state index in [1.54, 1.807) is 42.6 Å². The molecule has 1 aromatic heterocycles. The predicted octanol–water partition coefficient (Wildman–Crippen LogP) is 4.54. The van der Waals surface area contributed by atoms with Gasteiger partial charge in [-0.05, 0) is 54.1 Å². The summed E-state index contributed by atoms with van der Waals surface area (Å²) in [7, 11) is -3.32. The minimum Gasteiger partial charge on any atom is -0.333 e. The molecule has 2 aromatic carbocycles. The van der Waals surface area contributed by atoms with Crippen LogP contribution in [0.3, 0.4) is 0 Å². The van der Waals surface area contributed by atoms with Crippen molar-refractivity contribution >= 4 is 37.5 Å². The summed E-state index contributed by atoms with van der Waals surface area (Å²) in [6.07, 6.45) is 1.65. The Morgan fingerprint density at radius 1 is 1.08 bits per heavy atom. The average Bonchev–Trinajstić information content (AvgIpc) is 3.04. The third kappa shape index (κ3) is 4.71. The Morgan fingerprint density at radius 3 is 2.44 bits per heavy atom. The first-order chi connectivity index (χ1) is 11.9. The van der Waals surface area contributed by atoms with E-state index in [1.165, 1.54) is 23.9 Å². The smallest absolute Gasteiger partial charge is 0.179 e. The Hall–Kier alpha value is -1.64. The first-order valence-corrected chi connectivity index (χ1v) is 10.8. The van der Waals surface area contributed by atoms with Crippen molar-refractivity contribution < 1.29 is 12.8 Å². The minimum absolute atomic E-state index is 0.0197. The summed E-state index contributed by atoms with van der Waals surface area (Å²) < 4.78 is 38.4. The number of hydrogen-bond donors (Lipinski definition) is 1. The van der Waals surface area contributed by atoms with E-state index in [-0.39, 0.29) is 11.6 Å². The molecule has 0 fully saturated rings. The van der Waals surface area contributed by atoms with E-state index < -0.39 is 9.84 Å². The normalized spacial score (nSPS) is 11.6. The van der Waals surface area contributed by atoms with E-state index in [0.717, 1.165) is 15.7 Å². The van der Waals surface area contributed by atoms with Gasteiger partial charge in [0.05, 0.1) is 22.5 Å². The topological polar surface area (TPSA) is 62.8 Å². The van der Waals surface area contributed by atoms with E-state index in [9.17, 15) is 12.8 Å². The first-order valence-electron chi connectivity index (χ1n) is 7.36. The van der Waals surface area contributed by atoms with Gasteiger partial charge >= 0.3 is 0 Å². The molecule has 0 aliphatic heterocycles. The molecule has 0 amide bonds. The number of halogens is 2. The second kappa shape index (κ2) is 7.72. The molecule has 4 nitrogen and oxygen atoms in total. The SMILES string of the molecule is O=S(=O)(CCSc1ncc(-c2ccc(F)cc2)[nH]1)c1ccc(Br)cc1. The highest BCUT2D eigenvalue weighted by Crippen LogP contribution is 2.23. The Balaban J connectivity index is 1.61. The maximum Gasteiger partial charge on any atom is 0.179 e. The number of rotatable bonds is 6. The van der Waals surface area contributed by atoms with Gasteiger partial charge in [0.2, 0.25) is 0 Å². The third-order valence-electron chi connectivity index (χ3n) is 3.47. The molecule has 3 rings (SSSR count). The molecule has 3 aromatic rings. The van der Waals surface area contributed by atoms with Crippen LogP contribution in [-0.4, -0.2) is 29.9 Å². The molecule has 0 aliphatic carbocycles. The van der Waals surface area contributed by atoms with Crippen LogP contribution < -0.4 is 0 Å². The van der Waals surface area contributed by atoms with Crippen molar-refractivity contribution in [3.05, 3.63) is 65.0 Å². The van der Waals surface area contributed by atoms with Crippen LogP contribution in [0, 0.1) is 5.82 Å². The van der Waals surface area contributed by atoms with Gasteiger partial charge in [0.15, 0.2) is 15.0 Å². The van der Waals surface area contributed by atoms with Crippen LogP contribution in [0.1, 0.15) is 0 Å². The highest BCUT2D eigenvalue weighted by atomic mass is 79.9. The van der Waals surface area contributed by atoms with Crippen LogP contribution in [-0.2, 0) is 9.84 Å². The summed E-state index contributed by atoms with van der Waals surface area (Å²) >= 11 is 4.62. The van der Waals surface area contributed by atoms with Gasteiger partial charge in [-0.2, -0.15) is 0 Å². The van der Waals surface area contributed by atoms with E-state index in [4.69, 9.17) is 0 Å². The number of H-pyrrole nitrogens is 1. The highest BCUT2D eigenvalue weighted by Gasteiger charge is 2.14. The standard InChI is InChI=1S/C17H14BrFN2O2S2/c18-13-3-7-15(8-4-13)25(22,23)10-9-24-17-20-11-16(21-17)12-1-5-14(19)6-2-12/h1-8,11H,9-10H2,(H,20,21). The predicted molar refractivity (Wildman–Crippen MR) is 101 cm³/mol. The van der Waals surface area contributed by atoms with Crippen LogP contribution in [0.4, 0.5) is 4.39 Å². The van der Waals surface area contributed by atoms with Crippen molar-refractivity contribution in [3.8, 4) is 11.3 Å². The third-order valence-corrected chi connectivity index (χ3v) is 6.88. The fourth-order valence-corrected chi connectivity index (χ4v) is 4.92. The van der Waals surface area contributed by atoms with Crippen LogP contribution in [0.25, 0.3) is 11.3 Å². The molecule has 0 saturated heterocycles. The Morgan fingerprint density at radius 2 is 1.76 bits per heavy atom. The Labute approximate surface area is 157 Å². The lowest BCUT2D eigenvalue weighted by atomic mass is 10.2. The number of nitrogens with one attached hydrogen (secondary N) is 1. The van der Waals surface area contributed by atoms with E-state index in [1.807, 2.05) is 0 Å². The van der Waals surface area contributed by atoms with Crippen molar-refractivity contribution in [2.75, 3.05) is 11.5 Å². The molecule has 0 unspecified atom stereocenters. The monoisotopic (exact) mass is 440 g/mol. The number of hydrogen-bond acceptors (Lipinski definition) is 4. The fourth-order valence-electron chi connectivity index (χ4n) is 2.16. The molecule has 0 spiro atoms. The Kier molecular flexibility index (Phi) is 5.61. The Bertz CT molecular complexity index is 955. The van der Waals surface area contributed by atoms with Crippen LogP contribution in [0.15, 0.2) is 69.3 Å². The van der Waals surface area contributed by atoms with Crippen molar-refractivity contribution in [2.24, 2.45) is 0 Å². The molecule has 0 radical (unpaired) electrons. The number of aromatic amines is 1. The summed E-state index contributed by atoms with van der Waals surface area (Å²) in [6, 6.07) is 12.7. The van der Waals surface area contributed by atoms with Gasteiger partial charge in [-0.15, -0.1) is 0 Å². The summed E-state index contributed by atoms with van der Waals surface area (Å²) in [5.74, 6) is 0.108. The molecule has 0 aliphatic rings. The van der Waals surface area contributed by atoms with E-state index in [0.29, 0.717) is 15.8 Å². The molecule has 1 heterocycles. The lowest BCUT2D eigenvalue weighted by molar-refractivity contribution is 0.597. The zero-order valence-electron chi connectivity index (χ0n) is 12.9. The second-order valence-corrected chi connectivity index (χ2v) is 9.34. The largest absolute Gasteiger partial charge is 0.333 e. The maximum atomic E-state index is 13.0. The molecule has 0 bridgehead atoms. The van der Waals surface area contributed by atoms with Gasteiger partial charge in [-0.3, -0.25) is 0 Å². The van der Waals surface area contributed by atoms with Crippen molar-refractivity contribution in [3.63, 3.8) is 0 Å². The van der Waals surface area contributed by atoms with Gasteiger partial charge in [0, 0.05) is 10.2 Å². The molecule has 0 atom stereocenters. The number of nitrogens with zero attached hydrogens (tertiary/aromatic N) is 1. The minimum atomic E-state index is -3.32. The fraction of sp³-hybridized carbons (Fsp3) is 0.118. The summed E-state index contributed by atoms with van der Waals surface area (Å²) in [5, 5.41) is 0.630.